The van der Waals surface area contributed by atoms with E-state index in [2.05, 4.69) is 25.8 Å². The normalized spacial score (nSPS) is 16.1. The highest BCUT2D eigenvalue weighted by atomic mass is 79.9. The van der Waals surface area contributed by atoms with Gasteiger partial charge in [-0.3, -0.25) is 4.79 Å². The lowest BCUT2D eigenvalue weighted by atomic mass is 10.3. The van der Waals surface area contributed by atoms with Gasteiger partial charge in [0.05, 0.1) is 0 Å². The van der Waals surface area contributed by atoms with Gasteiger partial charge in [0.2, 0.25) is 5.91 Å². The fourth-order valence-corrected chi connectivity index (χ4v) is 2.20. The molecular formula is C12H16BrN3O. The molecule has 1 amide bonds. The first-order valence-corrected chi connectivity index (χ1v) is 6.64. The van der Waals surface area contributed by atoms with Crippen molar-refractivity contribution in [3.8, 4) is 0 Å². The Morgan fingerprint density at radius 3 is 2.59 bits per heavy atom. The molecule has 0 aromatic carbocycles. The van der Waals surface area contributed by atoms with Crippen LogP contribution in [-0.2, 0) is 4.79 Å². The summed E-state index contributed by atoms with van der Waals surface area (Å²) in [7, 11) is 0. The van der Waals surface area contributed by atoms with Gasteiger partial charge in [-0.15, -0.1) is 0 Å². The molecule has 2 rings (SSSR count). The molecule has 0 unspecified atom stereocenters. The maximum atomic E-state index is 11.5. The molecule has 1 fully saturated rings. The lowest BCUT2D eigenvalue weighted by Crippen LogP contribution is -2.48. The summed E-state index contributed by atoms with van der Waals surface area (Å²) in [6.45, 7) is 5.22. The minimum Gasteiger partial charge on any atom is -0.353 e. The number of hydrogen-bond donors (Lipinski definition) is 0. The number of anilines is 1. The molecule has 1 aromatic rings. The van der Waals surface area contributed by atoms with Crippen LogP contribution in [0.2, 0.25) is 0 Å². The van der Waals surface area contributed by atoms with E-state index >= 15 is 0 Å². The number of carbonyl (C=O) groups is 1. The molecule has 0 aliphatic carbocycles. The molecule has 1 aromatic heterocycles. The van der Waals surface area contributed by atoms with Crippen molar-refractivity contribution in [2.24, 2.45) is 0 Å². The van der Waals surface area contributed by atoms with E-state index in [1.54, 1.807) is 6.20 Å². The Morgan fingerprint density at radius 2 is 2.06 bits per heavy atom. The maximum Gasteiger partial charge on any atom is 0.222 e. The van der Waals surface area contributed by atoms with Crippen molar-refractivity contribution in [1.82, 2.24) is 9.88 Å². The number of halogens is 1. The Hall–Kier alpha value is -1.10. The first-order chi connectivity index (χ1) is 8.20. The number of amides is 1. The average Bonchev–Trinajstić information content (AvgIpc) is 2.39. The summed E-state index contributed by atoms with van der Waals surface area (Å²) in [6, 6.07) is 3.99. The molecule has 5 heteroatoms. The molecule has 92 valence electrons. The lowest BCUT2D eigenvalue weighted by Gasteiger charge is -2.35. The van der Waals surface area contributed by atoms with E-state index in [1.807, 2.05) is 24.0 Å². The molecule has 0 radical (unpaired) electrons. The maximum absolute atomic E-state index is 11.5. The number of pyridine rings is 1. The average molecular weight is 298 g/mol. The Balaban J connectivity index is 1.95. The van der Waals surface area contributed by atoms with Gasteiger partial charge in [0.25, 0.3) is 0 Å². The molecule has 1 aliphatic heterocycles. The van der Waals surface area contributed by atoms with Crippen molar-refractivity contribution in [2.45, 2.75) is 13.3 Å². The number of piperazine rings is 1. The molecule has 4 nitrogen and oxygen atoms in total. The molecule has 17 heavy (non-hydrogen) atoms. The van der Waals surface area contributed by atoms with Crippen LogP contribution in [0.5, 0.6) is 0 Å². The van der Waals surface area contributed by atoms with Gasteiger partial charge in [0.1, 0.15) is 5.82 Å². The third-order valence-corrected chi connectivity index (χ3v) is 3.44. The van der Waals surface area contributed by atoms with Crippen LogP contribution in [0.4, 0.5) is 5.82 Å². The highest BCUT2D eigenvalue weighted by Gasteiger charge is 2.20. The van der Waals surface area contributed by atoms with Crippen molar-refractivity contribution in [2.75, 3.05) is 31.1 Å². The van der Waals surface area contributed by atoms with Crippen LogP contribution in [0.1, 0.15) is 13.3 Å². The molecule has 2 heterocycles. The second-order valence-corrected chi connectivity index (χ2v) is 4.97. The van der Waals surface area contributed by atoms with E-state index < -0.39 is 0 Å². The van der Waals surface area contributed by atoms with Gasteiger partial charge >= 0.3 is 0 Å². The molecule has 1 aliphatic rings. The SMILES string of the molecule is CCC(=O)N1CCN(c2ccc(Br)cn2)CC1. The van der Waals surface area contributed by atoms with Crippen LogP contribution in [0.15, 0.2) is 22.8 Å². The Morgan fingerprint density at radius 1 is 1.35 bits per heavy atom. The second kappa shape index (κ2) is 5.49. The van der Waals surface area contributed by atoms with Gasteiger partial charge in [-0.1, -0.05) is 6.92 Å². The summed E-state index contributed by atoms with van der Waals surface area (Å²) < 4.78 is 0.987. The van der Waals surface area contributed by atoms with Crippen LogP contribution in [0, 0.1) is 0 Å². The van der Waals surface area contributed by atoms with Gasteiger partial charge in [-0.2, -0.15) is 0 Å². The lowest BCUT2D eigenvalue weighted by molar-refractivity contribution is -0.131. The summed E-state index contributed by atoms with van der Waals surface area (Å²) in [6.07, 6.45) is 2.40. The fraction of sp³-hybridized carbons (Fsp3) is 0.500. The van der Waals surface area contributed by atoms with Crippen molar-refractivity contribution in [3.63, 3.8) is 0 Å². The number of hydrogen-bond acceptors (Lipinski definition) is 3. The quantitative estimate of drug-likeness (QED) is 0.837. The molecular weight excluding hydrogens is 282 g/mol. The highest BCUT2D eigenvalue weighted by molar-refractivity contribution is 9.10. The summed E-state index contributed by atoms with van der Waals surface area (Å²) in [5.74, 6) is 1.23. The molecule has 0 spiro atoms. The largest absolute Gasteiger partial charge is 0.353 e. The Bertz CT molecular complexity index is 385. The zero-order chi connectivity index (χ0) is 12.3. The van der Waals surface area contributed by atoms with E-state index in [9.17, 15) is 4.79 Å². The van der Waals surface area contributed by atoms with E-state index in [4.69, 9.17) is 0 Å². The first-order valence-electron chi connectivity index (χ1n) is 5.85. The van der Waals surface area contributed by atoms with Crippen molar-refractivity contribution >= 4 is 27.7 Å². The highest BCUT2D eigenvalue weighted by Crippen LogP contribution is 2.16. The van der Waals surface area contributed by atoms with E-state index in [-0.39, 0.29) is 5.91 Å². The molecule has 0 N–H and O–H groups in total. The van der Waals surface area contributed by atoms with Gasteiger partial charge in [0.15, 0.2) is 0 Å². The van der Waals surface area contributed by atoms with E-state index in [0.29, 0.717) is 6.42 Å². The van der Waals surface area contributed by atoms with Gasteiger partial charge in [0, 0.05) is 43.3 Å². The molecule has 0 saturated carbocycles. The van der Waals surface area contributed by atoms with Crippen LogP contribution in [0.3, 0.4) is 0 Å². The third kappa shape index (κ3) is 2.97. The minimum atomic E-state index is 0.244. The topological polar surface area (TPSA) is 36.4 Å². The zero-order valence-corrected chi connectivity index (χ0v) is 11.5. The first kappa shape index (κ1) is 12.4. The predicted molar refractivity (Wildman–Crippen MR) is 71.0 cm³/mol. The molecule has 0 atom stereocenters. The Labute approximate surface area is 110 Å². The fourth-order valence-electron chi connectivity index (χ4n) is 1.96. The summed E-state index contributed by atoms with van der Waals surface area (Å²) in [5, 5.41) is 0. The summed E-state index contributed by atoms with van der Waals surface area (Å²) in [5.41, 5.74) is 0. The number of rotatable bonds is 2. The van der Waals surface area contributed by atoms with Gasteiger partial charge < -0.3 is 9.80 Å². The second-order valence-electron chi connectivity index (χ2n) is 4.06. The standard InChI is InChI=1S/C12H16BrN3O/c1-2-12(17)16-7-5-15(6-8-16)11-4-3-10(13)9-14-11/h3-4,9H,2,5-8H2,1H3. The summed E-state index contributed by atoms with van der Waals surface area (Å²) >= 11 is 3.37. The number of aromatic nitrogens is 1. The van der Waals surface area contributed by atoms with Crippen LogP contribution in [-0.4, -0.2) is 42.0 Å². The van der Waals surface area contributed by atoms with Crippen LogP contribution < -0.4 is 4.90 Å². The van der Waals surface area contributed by atoms with Crippen molar-refractivity contribution < 1.29 is 4.79 Å². The zero-order valence-electron chi connectivity index (χ0n) is 9.90. The monoisotopic (exact) mass is 297 g/mol. The van der Waals surface area contributed by atoms with Gasteiger partial charge in [-0.25, -0.2) is 4.98 Å². The summed E-state index contributed by atoms with van der Waals surface area (Å²) in [4.78, 5) is 20.0. The predicted octanol–water partition coefficient (Wildman–Crippen LogP) is 1.90. The third-order valence-electron chi connectivity index (χ3n) is 2.97. The van der Waals surface area contributed by atoms with Crippen molar-refractivity contribution in [3.05, 3.63) is 22.8 Å². The molecule has 0 bridgehead atoms. The smallest absolute Gasteiger partial charge is 0.222 e. The van der Waals surface area contributed by atoms with E-state index in [0.717, 1.165) is 36.5 Å². The number of carbonyl (C=O) groups excluding carboxylic acids is 1. The van der Waals surface area contributed by atoms with Gasteiger partial charge in [-0.05, 0) is 28.1 Å². The minimum absolute atomic E-state index is 0.244. The molecule has 1 saturated heterocycles. The van der Waals surface area contributed by atoms with Crippen LogP contribution >= 0.6 is 15.9 Å². The van der Waals surface area contributed by atoms with Crippen LogP contribution in [0.25, 0.3) is 0 Å². The Kier molecular flexibility index (Phi) is 3.99. The number of nitrogens with zero attached hydrogens (tertiary/aromatic N) is 3. The van der Waals surface area contributed by atoms with E-state index in [1.165, 1.54) is 0 Å². The van der Waals surface area contributed by atoms with Crippen molar-refractivity contribution in [1.29, 1.82) is 0 Å².